The fourth-order valence-corrected chi connectivity index (χ4v) is 2.70. The van der Waals surface area contributed by atoms with Crippen molar-refractivity contribution in [3.8, 4) is 0 Å². The predicted octanol–water partition coefficient (Wildman–Crippen LogP) is 4.60. The average Bonchev–Trinajstić information content (AvgIpc) is 2.68. The van der Waals surface area contributed by atoms with Crippen LogP contribution in [-0.2, 0) is 9.47 Å². The Morgan fingerprint density at radius 1 is 1.04 bits per heavy atom. The van der Waals surface area contributed by atoms with Crippen LogP contribution in [0.5, 0.6) is 0 Å². The molecule has 2 aromatic rings. The molecule has 2 aromatic carbocycles. The van der Waals surface area contributed by atoms with Crippen LogP contribution < -0.4 is 0 Å². The smallest absolute Gasteiger partial charge is 0.338 e. The summed E-state index contributed by atoms with van der Waals surface area (Å²) >= 11 is 5.88. The first-order valence-corrected chi connectivity index (χ1v) is 9.33. The minimum Gasteiger partial charge on any atom is -0.451 e. The Kier molecular flexibility index (Phi) is 8.62. The fraction of sp³-hybridized carbons (Fsp3) is 0.381. The number of hydrogen-bond acceptors (Lipinski definition) is 4. The molecule has 0 bridgehead atoms. The number of carbonyl (C=O) groups excluding carboxylic acids is 1. The van der Waals surface area contributed by atoms with Crippen molar-refractivity contribution in [1.82, 2.24) is 4.90 Å². The van der Waals surface area contributed by atoms with Crippen LogP contribution in [0.2, 0.25) is 5.02 Å². The normalized spacial score (nSPS) is 12.2. The number of benzene rings is 2. The molecule has 5 heteroatoms. The van der Waals surface area contributed by atoms with Crippen LogP contribution in [0.25, 0.3) is 0 Å². The molecular formula is C21H26ClNO3. The largest absolute Gasteiger partial charge is 0.451 e. The highest BCUT2D eigenvalue weighted by Crippen LogP contribution is 2.20. The summed E-state index contributed by atoms with van der Waals surface area (Å²) in [7, 11) is 0. The molecule has 0 aliphatic carbocycles. The quantitative estimate of drug-likeness (QED) is 0.449. The van der Waals surface area contributed by atoms with Crippen molar-refractivity contribution in [3.63, 3.8) is 0 Å². The van der Waals surface area contributed by atoms with E-state index in [1.54, 1.807) is 24.3 Å². The molecule has 140 valence electrons. The number of likely N-dealkylation sites (N-methyl/N-ethyl adjacent to an activating group) is 1. The van der Waals surface area contributed by atoms with Crippen LogP contribution in [0, 0.1) is 0 Å². The van der Waals surface area contributed by atoms with Crippen molar-refractivity contribution in [2.75, 3.05) is 32.8 Å². The Hall–Kier alpha value is -1.88. The molecule has 0 spiro atoms. The lowest BCUT2D eigenvalue weighted by atomic mass is 10.1. The first-order chi connectivity index (χ1) is 12.6. The van der Waals surface area contributed by atoms with Crippen molar-refractivity contribution >= 4 is 17.6 Å². The van der Waals surface area contributed by atoms with Gasteiger partial charge in [0.2, 0.25) is 0 Å². The number of carbonyl (C=O) groups is 1. The van der Waals surface area contributed by atoms with E-state index in [4.69, 9.17) is 21.1 Å². The third-order valence-electron chi connectivity index (χ3n) is 4.22. The molecule has 0 amide bonds. The predicted molar refractivity (Wildman–Crippen MR) is 105 cm³/mol. The summed E-state index contributed by atoms with van der Waals surface area (Å²) in [6, 6.07) is 16.3. The second kappa shape index (κ2) is 11.0. The topological polar surface area (TPSA) is 38.8 Å². The Bertz CT molecular complexity index is 657. The molecule has 0 aliphatic heterocycles. The number of rotatable bonds is 10. The van der Waals surface area contributed by atoms with E-state index in [1.807, 2.05) is 30.3 Å². The van der Waals surface area contributed by atoms with E-state index < -0.39 is 6.10 Å². The van der Waals surface area contributed by atoms with E-state index >= 15 is 0 Å². The fourth-order valence-electron chi connectivity index (χ4n) is 2.57. The zero-order valence-electron chi connectivity index (χ0n) is 15.4. The third kappa shape index (κ3) is 6.45. The second-order valence-electron chi connectivity index (χ2n) is 5.91. The molecule has 2 rings (SSSR count). The van der Waals surface area contributed by atoms with Gasteiger partial charge in [0.05, 0.1) is 18.8 Å². The molecule has 4 nitrogen and oxygen atoms in total. The van der Waals surface area contributed by atoms with Gasteiger partial charge in [-0.25, -0.2) is 4.79 Å². The van der Waals surface area contributed by atoms with Gasteiger partial charge < -0.3 is 14.4 Å². The SMILES string of the molecule is CCN(CC)CCOCC(OC(=O)c1ccc(Cl)cc1)c1ccccc1. The van der Waals surface area contributed by atoms with E-state index in [1.165, 1.54) is 0 Å². The van der Waals surface area contributed by atoms with Crippen molar-refractivity contribution in [2.24, 2.45) is 0 Å². The summed E-state index contributed by atoms with van der Waals surface area (Å²) in [6.45, 7) is 8.03. The minimum absolute atomic E-state index is 0.324. The standard InChI is InChI=1S/C21H26ClNO3/c1-3-23(4-2)14-15-25-16-20(17-8-6-5-7-9-17)26-21(24)18-10-12-19(22)13-11-18/h5-13,20H,3-4,14-16H2,1-2H3. The molecule has 1 unspecified atom stereocenters. The highest BCUT2D eigenvalue weighted by Gasteiger charge is 2.18. The van der Waals surface area contributed by atoms with Crippen molar-refractivity contribution in [2.45, 2.75) is 20.0 Å². The van der Waals surface area contributed by atoms with Crippen LogP contribution in [0.1, 0.15) is 35.9 Å². The summed E-state index contributed by atoms with van der Waals surface area (Å²) < 4.78 is 11.5. The maximum absolute atomic E-state index is 12.4. The van der Waals surface area contributed by atoms with Gasteiger partial charge in [-0.1, -0.05) is 55.8 Å². The maximum Gasteiger partial charge on any atom is 0.338 e. The van der Waals surface area contributed by atoms with Gasteiger partial charge in [-0.05, 0) is 42.9 Å². The average molecular weight is 376 g/mol. The summed E-state index contributed by atoms with van der Waals surface area (Å²) in [4.78, 5) is 14.7. The summed E-state index contributed by atoms with van der Waals surface area (Å²) in [5, 5.41) is 0.584. The van der Waals surface area contributed by atoms with E-state index in [0.29, 0.717) is 23.8 Å². The third-order valence-corrected chi connectivity index (χ3v) is 4.47. The number of halogens is 1. The summed E-state index contributed by atoms with van der Waals surface area (Å²) in [5.41, 5.74) is 1.39. The Morgan fingerprint density at radius 3 is 2.31 bits per heavy atom. The molecule has 0 N–H and O–H groups in total. The van der Waals surface area contributed by atoms with Gasteiger partial charge >= 0.3 is 5.97 Å². The van der Waals surface area contributed by atoms with E-state index in [-0.39, 0.29) is 5.97 Å². The zero-order valence-corrected chi connectivity index (χ0v) is 16.1. The van der Waals surface area contributed by atoms with E-state index in [0.717, 1.165) is 25.2 Å². The van der Waals surface area contributed by atoms with Gasteiger partial charge in [-0.15, -0.1) is 0 Å². The Labute approximate surface area is 160 Å². The van der Waals surface area contributed by atoms with Gasteiger partial charge in [-0.2, -0.15) is 0 Å². The number of esters is 1. The lowest BCUT2D eigenvalue weighted by Gasteiger charge is -2.21. The molecule has 0 saturated heterocycles. The van der Waals surface area contributed by atoms with Crippen LogP contribution in [0.4, 0.5) is 0 Å². The number of nitrogens with zero attached hydrogens (tertiary/aromatic N) is 1. The molecule has 0 aliphatic rings. The number of hydrogen-bond donors (Lipinski definition) is 0. The molecular weight excluding hydrogens is 350 g/mol. The lowest BCUT2D eigenvalue weighted by Crippen LogP contribution is -2.28. The van der Waals surface area contributed by atoms with Crippen molar-refractivity contribution in [1.29, 1.82) is 0 Å². The lowest BCUT2D eigenvalue weighted by molar-refractivity contribution is -0.00841. The van der Waals surface area contributed by atoms with E-state index in [2.05, 4.69) is 18.7 Å². The van der Waals surface area contributed by atoms with Crippen LogP contribution >= 0.6 is 11.6 Å². The minimum atomic E-state index is -0.448. The maximum atomic E-state index is 12.4. The molecule has 1 atom stereocenters. The van der Waals surface area contributed by atoms with Gasteiger partial charge in [0.15, 0.2) is 6.10 Å². The van der Waals surface area contributed by atoms with Gasteiger partial charge in [0.1, 0.15) is 0 Å². The molecule has 26 heavy (non-hydrogen) atoms. The molecule has 0 radical (unpaired) electrons. The molecule has 0 fully saturated rings. The first-order valence-electron chi connectivity index (χ1n) is 8.95. The van der Waals surface area contributed by atoms with Gasteiger partial charge in [-0.3, -0.25) is 0 Å². The molecule has 0 saturated carbocycles. The second-order valence-corrected chi connectivity index (χ2v) is 6.35. The van der Waals surface area contributed by atoms with Crippen molar-refractivity contribution < 1.29 is 14.3 Å². The Morgan fingerprint density at radius 2 is 1.69 bits per heavy atom. The summed E-state index contributed by atoms with van der Waals surface area (Å²) in [5.74, 6) is -0.386. The number of ether oxygens (including phenoxy) is 2. The van der Waals surface area contributed by atoms with Crippen LogP contribution in [0.15, 0.2) is 54.6 Å². The molecule has 0 heterocycles. The monoisotopic (exact) mass is 375 g/mol. The van der Waals surface area contributed by atoms with Crippen LogP contribution in [0.3, 0.4) is 0 Å². The first kappa shape index (κ1) is 20.4. The Balaban J connectivity index is 1.98. The van der Waals surface area contributed by atoms with E-state index in [9.17, 15) is 4.79 Å². The zero-order chi connectivity index (χ0) is 18.8. The highest BCUT2D eigenvalue weighted by molar-refractivity contribution is 6.30. The van der Waals surface area contributed by atoms with Gasteiger partial charge in [0.25, 0.3) is 0 Å². The summed E-state index contributed by atoms with van der Waals surface area (Å²) in [6.07, 6.45) is -0.448. The van der Waals surface area contributed by atoms with Gasteiger partial charge in [0, 0.05) is 11.6 Å². The van der Waals surface area contributed by atoms with Crippen molar-refractivity contribution in [3.05, 3.63) is 70.7 Å². The highest BCUT2D eigenvalue weighted by atomic mass is 35.5. The molecule has 0 aromatic heterocycles. The van der Waals surface area contributed by atoms with Crippen LogP contribution in [-0.4, -0.2) is 43.7 Å².